The van der Waals surface area contributed by atoms with Crippen LogP contribution in [0, 0.1) is 5.92 Å². The third-order valence-corrected chi connectivity index (χ3v) is 3.54. The molecule has 4 heteroatoms. The fraction of sp³-hybridized carbons (Fsp3) is 0.667. The summed E-state index contributed by atoms with van der Waals surface area (Å²) in [5, 5.41) is 0. The molecule has 1 aromatic heterocycles. The summed E-state index contributed by atoms with van der Waals surface area (Å²) < 4.78 is 1.96. The molecule has 19 heavy (non-hydrogen) atoms. The van der Waals surface area contributed by atoms with E-state index in [4.69, 9.17) is 5.73 Å². The van der Waals surface area contributed by atoms with Gasteiger partial charge in [-0.15, -0.1) is 0 Å². The fourth-order valence-electron chi connectivity index (χ4n) is 2.12. The molecule has 1 amide bonds. The van der Waals surface area contributed by atoms with Crippen LogP contribution < -0.4 is 5.73 Å². The molecule has 0 saturated heterocycles. The Morgan fingerprint density at radius 3 is 2.47 bits per heavy atom. The van der Waals surface area contributed by atoms with Gasteiger partial charge in [0, 0.05) is 25.3 Å². The van der Waals surface area contributed by atoms with Crippen molar-refractivity contribution in [3.8, 4) is 0 Å². The van der Waals surface area contributed by atoms with E-state index >= 15 is 0 Å². The number of nitrogen functional groups attached to an aromatic ring is 1. The van der Waals surface area contributed by atoms with Crippen LogP contribution in [0.25, 0.3) is 0 Å². The Morgan fingerprint density at radius 1 is 1.37 bits per heavy atom. The van der Waals surface area contributed by atoms with Gasteiger partial charge in [-0.3, -0.25) is 4.79 Å². The highest BCUT2D eigenvalue weighted by Crippen LogP contribution is 2.19. The number of anilines is 1. The molecular formula is C15H27N3O. The van der Waals surface area contributed by atoms with Gasteiger partial charge in [0.15, 0.2) is 0 Å². The molecule has 0 bridgehead atoms. The third kappa shape index (κ3) is 3.75. The lowest BCUT2D eigenvalue weighted by molar-refractivity contribution is 0.0728. The zero-order valence-electron chi connectivity index (χ0n) is 12.8. The number of amides is 1. The van der Waals surface area contributed by atoms with Gasteiger partial charge >= 0.3 is 0 Å². The summed E-state index contributed by atoms with van der Waals surface area (Å²) >= 11 is 0. The minimum Gasteiger partial charge on any atom is -0.397 e. The summed E-state index contributed by atoms with van der Waals surface area (Å²) in [5.41, 5.74) is 7.17. The van der Waals surface area contributed by atoms with Crippen molar-refractivity contribution in [3.05, 3.63) is 18.0 Å². The highest BCUT2D eigenvalue weighted by Gasteiger charge is 2.21. The zero-order chi connectivity index (χ0) is 14.6. The summed E-state index contributed by atoms with van der Waals surface area (Å²) in [6.45, 7) is 12.0. The lowest BCUT2D eigenvalue weighted by Gasteiger charge is -2.25. The largest absolute Gasteiger partial charge is 0.397 e. The predicted octanol–water partition coefficient (Wildman–Crippen LogP) is 3.16. The van der Waals surface area contributed by atoms with Gasteiger partial charge in [-0.2, -0.15) is 0 Å². The van der Waals surface area contributed by atoms with Crippen LogP contribution in [-0.2, 0) is 0 Å². The molecular weight excluding hydrogens is 238 g/mol. The minimum absolute atomic E-state index is 0.0770. The van der Waals surface area contributed by atoms with Gasteiger partial charge in [-0.05, 0) is 32.8 Å². The number of nitrogens with two attached hydrogens (primary N) is 1. The van der Waals surface area contributed by atoms with Crippen LogP contribution in [0.3, 0.4) is 0 Å². The number of nitrogens with zero attached hydrogens (tertiary/aromatic N) is 2. The number of carbonyl (C=O) groups is 1. The average Bonchev–Trinajstić information content (AvgIpc) is 2.77. The summed E-state index contributed by atoms with van der Waals surface area (Å²) in [4.78, 5) is 14.5. The standard InChI is InChI=1S/C15H27N3O/c1-6-12(5)9-17(7-2)15(19)14-8-13(16)10-18(14)11(3)4/h8,10-12H,6-7,9,16H2,1-5H3. The molecule has 1 unspecified atom stereocenters. The molecule has 1 heterocycles. The van der Waals surface area contributed by atoms with Crippen LogP contribution in [0.4, 0.5) is 5.69 Å². The molecule has 0 aliphatic heterocycles. The van der Waals surface area contributed by atoms with E-state index < -0.39 is 0 Å². The first-order valence-corrected chi connectivity index (χ1v) is 7.17. The minimum atomic E-state index is 0.0770. The molecule has 1 atom stereocenters. The highest BCUT2D eigenvalue weighted by molar-refractivity contribution is 5.93. The molecule has 4 nitrogen and oxygen atoms in total. The van der Waals surface area contributed by atoms with Crippen molar-refractivity contribution < 1.29 is 4.79 Å². The Bertz CT molecular complexity index is 423. The topological polar surface area (TPSA) is 51.3 Å². The Kier molecular flexibility index (Phi) is 5.45. The van der Waals surface area contributed by atoms with Crippen LogP contribution in [-0.4, -0.2) is 28.5 Å². The van der Waals surface area contributed by atoms with Gasteiger partial charge in [0.05, 0.1) is 5.69 Å². The second-order valence-electron chi connectivity index (χ2n) is 5.52. The number of rotatable bonds is 6. The normalized spacial score (nSPS) is 12.7. The summed E-state index contributed by atoms with van der Waals surface area (Å²) in [6.07, 6.45) is 2.92. The summed E-state index contributed by atoms with van der Waals surface area (Å²) in [7, 11) is 0. The average molecular weight is 265 g/mol. The number of carbonyl (C=O) groups excluding carboxylic acids is 1. The van der Waals surface area contributed by atoms with Crippen LogP contribution in [0.15, 0.2) is 12.3 Å². The Balaban J connectivity index is 2.97. The first-order chi connectivity index (χ1) is 8.90. The molecule has 1 rings (SSSR count). The smallest absolute Gasteiger partial charge is 0.270 e. The van der Waals surface area contributed by atoms with Crippen molar-refractivity contribution in [2.45, 2.75) is 47.1 Å². The van der Waals surface area contributed by atoms with Crippen molar-refractivity contribution in [3.63, 3.8) is 0 Å². The van der Waals surface area contributed by atoms with Gasteiger partial charge in [0.1, 0.15) is 5.69 Å². The predicted molar refractivity (Wildman–Crippen MR) is 80.3 cm³/mol. The van der Waals surface area contributed by atoms with Gasteiger partial charge in [0.25, 0.3) is 5.91 Å². The maximum absolute atomic E-state index is 12.6. The van der Waals surface area contributed by atoms with Crippen molar-refractivity contribution in [2.24, 2.45) is 5.92 Å². The molecule has 2 N–H and O–H groups in total. The molecule has 0 saturated carbocycles. The second kappa shape index (κ2) is 6.64. The lowest BCUT2D eigenvalue weighted by Crippen LogP contribution is -2.35. The molecule has 0 spiro atoms. The molecule has 0 radical (unpaired) electrons. The van der Waals surface area contributed by atoms with Gasteiger partial charge < -0.3 is 15.2 Å². The van der Waals surface area contributed by atoms with Crippen LogP contribution in [0.2, 0.25) is 0 Å². The number of hydrogen-bond acceptors (Lipinski definition) is 2. The van der Waals surface area contributed by atoms with Crippen LogP contribution >= 0.6 is 0 Å². The fourth-order valence-corrected chi connectivity index (χ4v) is 2.12. The van der Waals surface area contributed by atoms with Gasteiger partial charge in [-0.1, -0.05) is 20.3 Å². The molecule has 0 aliphatic carbocycles. The number of aromatic nitrogens is 1. The second-order valence-corrected chi connectivity index (χ2v) is 5.52. The SMILES string of the molecule is CCC(C)CN(CC)C(=O)c1cc(N)cn1C(C)C. The van der Waals surface area contributed by atoms with Gasteiger partial charge in [-0.25, -0.2) is 0 Å². The van der Waals surface area contributed by atoms with Crippen molar-refractivity contribution in [2.75, 3.05) is 18.8 Å². The van der Waals surface area contributed by atoms with E-state index in [2.05, 4.69) is 27.7 Å². The zero-order valence-corrected chi connectivity index (χ0v) is 12.8. The van der Waals surface area contributed by atoms with E-state index in [1.54, 1.807) is 6.07 Å². The van der Waals surface area contributed by atoms with Gasteiger partial charge in [0.2, 0.25) is 0 Å². The van der Waals surface area contributed by atoms with E-state index in [-0.39, 0.29) is 11.9 Å². The Hall–Kier alpha value is -1.45. The Morgan fingerprint density at radius 2 is 2.00 bits per heavy atom. The highest BCUT2D eigenvalue weighted by atomic mass is 16.2. The van der Waals surface area contributed by atoms with Crippen molar-refractivity contribution in [1.82, 2.24) is 9.47 Å². The molecule has 108 valence electrons. The molecule has 0 aliphatic rings. The lowest BCUT2D eigenvalue weighted by atomic mass is 10.1. The van der Waals surface area contributed by atoms with Crippen molar-refractivity contribution in [1.29, 1.82) is 0 Å². The monoisotopic (exact) mass is 265 g/mol. The third-order valence-electron chi connectivity index (χ3n) is 3.54. The number of hydrogen-bond donors (Lipinski definition) is 1. The summed E-state index contributed by atoms with van der Waals surface area (Å²) in [6, 6.07) is 2.01. The van der Waals surface area contributed by atoms with E-state index in [1.807, 2.05) is 22.6 Å². The summed E-state index contributed by atoms with van der Waals surface area (Å²) in [5.74, 6) is 0.594. The molecule has 1 aromatic rings. The maximum atomic E-state index is 12.6. The maximum Gasteiger partial charge on any atom is 0.270 e. The first-order valence-electron chi connectivity index (χ1n) is 7.17. The quantitative estimate of drug-likeness (QED) is 0.859. The van der Waals surface area contributed by atoms with Crippen LogP contribution in [0.1, 0.15) is 57.6 Å². The van der Waals surface area contributed by atoms with E-state index in [9.17, 15) is 4.79 Å². The molecule has 0 fully saturated rings. The Labute approximate surface area is 116 Å². The van der Waals surface area contributed by atoms with Crippen molar-refractivity contribution >= 4 is 11.6 Å². The van der Waals surface area contributed by atoms with E-state index in [1.165, 1.54) is 0 Å². The first kappa shape index (κ1) is 15.6. The van der Waals surface area contributed by atoms with E-state index in [0.29, 0.717) is 17.3 Å². The molecule has 0 aromatic carbocycles. The van der Waals surface area contributed by atoms with E-state index in [0.717, 1.165) is 19.5 Å². The van der Waals surface area contributed by atoms with Crippen LogP contribution in [0.5, 0.6) is 0 Å².